The van der Waals surface area contributed by atoms with Crippen LogP contribution in [0.15, 0.2) is 22.7 Å². The predicted octanol–water partition coefficient (Wildman–Crippen LogP) is 3.08. The summed E-state index contributed by atoms with van der Waals surface area (Å²) in [4.78, 5) is 2.35. The van der Waals surface area contributed by atoms with Crippen LogP contribution in [0.4, 0.5) is 5.69 Å². The number of rotatable bonds is 3. The summed E-state index contributed by atoms with van der Waals surface area (Å²) in [7, 11) is 2.16. The normalized spacial score (nSPS) is 18.7. The summed E-state index contributed by atoms with van der Waals surface area (Å²) < 4.78 is 6.50. The van der Waals surface area contributed by atoms with Crippen molar-refractivity contribution in [2.45, 2.75) is 31.8 Å². The van der Waals surface area contributed by atoms with Crippen LogP contribution in [0.1, 0.15) is 31.4 Å². The van der Waals surface area contributed by atoms with Crippen LogP contribution in [-0.4, -0.2) is 26.3 Å². The van der Waals surface area contributed by atoms with E-state index in [0.717, 1.165) is 36.1 Å². The molecule has 0 aliphatic carbocycles. The van der Waals surface area contributed by atoms with Gasteiger partial charge in [-0.15, -0.1) is 0 Å². The number of ether oxygens (including phenoxy) is 1. The molecule has 1 aliphatic rings. The molecule has 0 aromatic heterocycles. The Bertz CT molecular complexity index is 403. The standard InChI is InChI=1S/C14H21BrN2O/c1-10(16)13-4-3-12(9-14(13)15)17(2)11-5-7-18-8-6-11/h3-4,9-11H,5-8,16H2,1-2H3. The summed E-state index contributed by atoms with van der Waals surface area (Å²) in [5, 5.41) is 0. The van der Waals surface area contributed by atoms with E-state index in [1.807, 2.05) is 6.92 Å². The fourth-order valence-corrected chi connectivity index (χ4v) is 3.12. The van der Waals surface area contributed by atoms with E-state index in [9.17, 15) is 0 Å². The van der Waals surface area contributed by atoms with E-state index in [-0.39, 0.29) is 6.04 Å². The van der Waals surface area contributed by atoms with Gasteiger partial charge in [-0.2, -0.15) is 0 Å². The van der Waals surface area contributed by atoms with Crippen molar-refractivity contribution in [1.82, 2.24) is 0 Å². The first-order chi connectivity index (χ1) is 8.59. The second-order valence-corrected chi connectivity index (χ2v) is 5.80. The van der Waals surface area contributed by atoms with Gasteiger partial charge in [0.2, 0.25) is 0 Å². The van der Waals surface area contributed by atoms with Crippen molar-refractivity contribution in [1.29, 1.82) is 0 Å². The Kier molecular flexibility index (Phi) is 4.65. The van der Waals surface area contributed by atoms with E-state index in [2.05, 4.69) is 46.1 Å². The van der Waals surface area contributed by atoms with E-state index in [1.54, 1.807) is 0 Å². The van der Waals surface area contributed by atoms with Gasteiger partial charge in [0.15, 0.2) is 0 Å². The lowest BCUT2D eigenvalue weighted by Crippen LogP contribution is -2.36. The summed E-state index contributed by atoms with van der Waals surface area (Å²) in [6.07, 6.45) is 2.20. The molecule has 1 aliphatic heterocycles. The Morgan fingerprint density at radius 3 is 2.61 bits per heavy atom. The number of anilines is 1. The van der Waals surface area contributed by atoms with Gasteiger partial charge in [0.05, 0.1) is 0 Å². The molecule has 1 saturated heterocycles. The smallest absolute Gasteiger partial charge is 0.0485 e. The quantitative estimate of drug-likeness (QED) is 0.932. The molecule has 1 heterocycles. The molecular weight excluding hydrogens is 292 g/mol. The van der Waals surface area contributed by atoms with Crippen molar-refractivity contribution in [2.75, 3.05) is 25.2 Å². The number of nitrogens with two attached hydrogens (primary N) is 1. The molecular formula is C14H21BrN2O. The van der Waals surface area contributed by atoms with Crippen molar-refractivity contribution in [3.05, 3.63) is 28.2 Å². The number of hydrogen-bond donors (Lipinski definition) is 1. The molecule has 2 rings (SSSR count). The van der Waals surface area contributed by atoms with E-state index in [4.69, 9.17) is 10.5 Å². The van der Waals surface area contributed by atoms with Crippen molar-refractivity contribution >= 4 is 21.6 Å². The molecule has 0 radical (unpaired) electrons. The highest BCUT2D eigenvalue weighted by atomic mass is 79.9. The zero-order chi connectivity index (χ0) is 13.1. The van der Waals surface area contributed by atoms with Gasteiger partial charge in [-0.05, 0) is 37.5 Å². The third kappa shape index (κ3) is 3.05. The number of hydrogen-bond acceptors (Lipinski definition) is 3. The highest BCUT2D eigenvalue weighted by Gasteiger charge is 2.19. The zero-order valence-electron chi connectivity index (χ0n) is 11.0. The maximum Gasteiger partial charge on any atom is 0.0485 e. The molecule has 0 bridgehead atoms. The van der Waals surface area contributed by atoms with Crippen molar-refractivity contribution in [3.8, 4) is 0 Å². The Morgan fingerprint density at radius 2 is 2.06 bits per heavy atom. The molecule has 1 unspecified atom stereocenters. The van der Waals surface area contributed by atoms with Gasteiger partial charge in [0, 0.05) is 42.5 Å². The van der Waals surface area contributed by atoms with E-state index in [0.29, 0.717) is 6.04 Å². The third-order valence-electron chi connectivity index (χ3n) is 3.62. The molecule has 0 amide bonds. The predicted molar refractivity (Wildman–Crippen MR) is 79.0 cm³/mol. The summed E-state index contributed by atoms with van der Waals surface area (Å²) in [6.45, 7) is 3.74. The van der Waals surface area contributed by atoms with E-state index in [1.165, 1.54) is 5.69 Å². The lowest BCUT2D eigenvalue weighted by molar-refractivity contribution is 0.0855. The SMILES string of the molecule is CC(N)c1ccc(N(C)C2CCOCC2)cc1Br. The lowest BCUT2D eigenvalue weighted by Gasteiger charge is -2.33. The van der Waals surface area contributed by atoms with Crippen LogP contribution in [0, 0.1) is 0 Å². The van der Waals surface area contributed by atoms with Gasteiger partial charge in [0.25, 0.3) is 0 Å². The Morgan fingerprint density at radius 1 is 1.39 bits per heavy atom. The highest BCUT2D eigenvalue weighted by molar-refractivity contribution is 9.10. The summed E-state index contributed by atoms with van der Waals surface area (Å²) >= 11 is 3.61. The Balaban J connectivity index is 2.15. The van der Waals surface area contributed by atoms with Gasteiger partial charge in [-0.25, -0.2) is 0 Å². The summed E-state index contributed by atoms with van der Waals surface area (Å²) in [6, 6.07) is 7.06. The molecule has 0 spiro atoms. The largest absolute Gasteiger partial charge is 0.381 e. The van der Waals surface area contributed by atoms with Gasteiger partial charge in [-0.1, -0.05) is 22.0 Å². The van der Waals surface area contributed by atoms with Crippen LogP contribution in [0.3, 0.4) is 0 Å². The minimum atomic E-state index is 0.0572. The fraction of sp³-hybridized carbons (Fsp3) is 0.571. The van der Waals surface area contributed by atoms with E-state index >= 15 is 0 Å². The lowest BCUT2D eigenvalue weighted by atomic mass is 10.1. The molecule has 100 valence electrons. The topological polar surface area (TPSA) is 38.5 Å². The number of nitrogens with zero attached hydrogens (tertiary/aromatic N) is 1. The first-order valence-electron chi connectivity index (χ1n) is 6.45. The average molecular weight is 313 g/mol. The van der Waals surface area contributed by atoms with E-state index < -0.39 is 0 Å². The zero-order valence-corrected chi connectivity index (χ0v) is 12.6. The summed E-state index contributed by atoms with van der Waals surface area (Å²) in [5.41, 5.74) is 8.31. The van der Waals surface area contributed by atoms with Gasteiger partial charge >= 0.3 is 0 Å². The maximum absolute atomic E-state index is 5.92. The molecule has 1 atom stereocenters. The third-order valence-corrected chi connectivity index (χ3v) is 4.31. The second-order valence-electron chi connectivity index (χ2n) is 4.95. The Hall–Kier alpha value is -0.580. The molecule has 1 aromatic rings. The van der Waals surface area contributed by atoms with Crippen LogP contribution >= 0.6 is 15.9 Å². The highest BCUT2D eigenvalue weighted by Crippen LogP contribution is 2.29. The minimum Gasteiger partial charge on any atom is -0.381 e. The molecule has 0 saturated carbocycles. The van der Waals surface area contributed by atoms with Gasteiger partial charge < -0.3 is 15.4 Å². The Labute approximate surface area is 117 Å². The molecule has 3 nitrogen and oxygen atoms in total. The fourth-order valence-electron chi connectivity index (χ4n) is 2.39. The molecule has 18 heavy (non-hydrogen) atoms. The van der Waals surface area contributed by atoms with Crippen LogP contribution < -0.4 is 10.6 Å². The molecule has 1 fully saturated rings. The van der Waals surface area contributed by atoms with Crippen LogP contribution in [0.5, 0.6) is 0 Å². The van der Waals surface area contributed by atoms with Crippen molar-refractivity contribution in [2.24, 2.45) is 5.73 Å². The number of benzene rings is 1. The van der Waals surface area contributed by atoms with Crippen LogP contribution in [0.25, 0.3) is 0 Å². The molecule has 4 heteroatoms. The van der Waals surface area contributed by atoms with Gasteiger partial charge in [0.1, 0.15) is 0 Å². The maximum atomic E-state index is 5.92. The van der Waals surface area contributed by atoms with Crippen molar-refractivity contribution in [3.63, 3.8) is 0 Å². The molecule has 2 N–H and O–H groups in total. The number of halogens is 1. The minimum absolute atomic E-state index is 0.0572. The average Bonchev–Trinajstić information content (AvgIpc) is 2.38. The van der Waals surface area contributed by atoms with Crippen LogP contribution in [-0.2, 0) is 4.74 Å². The van der Waals surface area contributed by atoms with Crippen LogP contribution in [0.2, 0.25) is 0 Å². The first-order valence-corrected chi connectivity index (χ1v) is 7.24. The van der Waals surface area contributed by atoms with Gasteiger partial charge in [-0.3, -0.25) is 0 Å². The van der Waals surface area contributed by atoms with Crippen molar-refractivity contribution < 1.29 is 4.74 Å². The first kappa shape index (κ1) is 13.8. The molecule has 1 aromatic carbocycles. The second kappa shape index (κ2) is 6.04. The summed E-state index contributed by atoms with van der Waals surface area (Å²) in [5.74, 6) is 0. The monoisotopic (exact) mass is 312 g/mol.